The minimum atomic E-state index is -0.596. The van der Waals surface area contributed by atoms with Crippen LogP contribution in [0.25, 0.3) is 0 Å². The van der Waals surface area contributed by atoms with Crippen molar-refractivity contribution >= 4 is 45.0 Å². The van der Waals surface area contributed by atoms with Crippen LogP contribution in [0.3, 0.4) is 0 Å². The van der Waals surface area contributed by atoms with E-state index in [1.54, 1.807) is 0 Å². The van der Waals surface area contributed by atoms with Crippen molar-refractivity contribution in [3.05, 3.63) is 80.4 Å². The molecule has 0 N–H and O–H groups in total. The van der Waals surface area contributed by atoms with Crippen LogP contribution in [0.2, 0.25) is 5.02 Å². The highest BCUT2D eigenvalue weighted by molar-refractivity contribution is 9.10. The molecule has 1 fully saturated rings. The molecule has 0 bridgehead atoms. The first kappa shape index (κ1) is 24.5. The van der Waals surface area contributed by atoms with Crippen molar-refractivity contribution in [2.75, 3.05) is 0 Å². The van der Waals surface area contributed by atoms with E-state index < -0.39 is 11.8 Å². The summed E-state index contributed by atoms with van der Waals surface area (Å²) in [5.74, 6) is -1.15. The number of aliphatic imine (C=N–C) groups is 1. The number of hydrogen-bond acceptors (Lipinski definition) is 4. The molecule has 6 heteroatoms. The highest BCUT2D eigenvalue weighted by atomic mass is 79.9. The van der Waals surface area contributed by atoms with Crippen LogP contribution < -0.4 is 0 Å². The molecule has 0 spiro atoms. The van der Waals surface area contributed by atoms with Crippen molar-refractivity contribution in [2.45, 2.75) is 69.8 Å². The lowest BCUT2D eigenvalue weighted by Gasteiger charge is -2.37. The van der Waals surface area contributed by atoms with Gasteiger partial charge in [0.2, 0.25) is 0 Å². The zero-order valence-electron chi connectivity index (χ0n) is 19.8. The summed E-state index contributed by atoms with van der Waals surface area (Å²) in [5, 5.41) is 0.677. The lowest BCUT2D eigenvalue weighted by atomic mass is 9.69. The molecular weight excluding hydrogens is 526 g/mol. The molecule has 182 valence electrons. The fourth-order valence-electron chi connectivity index (χ4n) is 5.82. The Balaban J connectivity index is 1.52. The van der Waals surface area contributed by atoms with E-state index in [1.165, 1.54) is 6.42 Å². The van der Waals surface area contributed by atoms with Crippen molar-refractivity contribution in [3.63, 3.8) is 0 Å². The van der Waals surface area contributed by atoms with Gasteiger partial charge in [-0.1, -0.05) is 58.2 Å². The summed E-state index contributed by atoms with van der Waals surface area (Å²) in [7, 11) is 0. The molecule has 4 nitrogen and oxygen atoms in total. The van der Waals surface area contributed by atoms with Crippen molar-refractivity contribution in [3.8, 4) is 0 Å². The molecule has 3 aliphatic rings. The van der Waals surface area contributed by atoms with E-state index in [0.29, 0.717) is 23.4 Å². The van der Waals surface area contributed by atoms with Gasteiger partial charge in [0.05, 0.1) is 0 Å². The Morgan fingerprint density at radius 3 is 2.49 bits per heavy atom. The third kappa shape index (κ3) is 5.17. The van der Waals surface area contributed by atoms with E-state index in [9.17, 15) is 9.59 Å². The topological polar surface area (TPSA) is 55.7 Å². The quantitative estimate of drug-likeness (QED) is 0.367. The Labute approximate surface area is 219 Å². The highest BCUT2D eigenvalue weighted by Crippen LogP contribution is 2.47. The molecule has 0 amide bonds. The molecule has 2 aromatic rings. The summed E-state index contributed by atoms with van der Waals surface area (Å²) in [5.41, 5.74) is 4.21. The number of halogens is 2. The van der Waals surface area contributed by atoms with E-state index >= 15 is 0 Å². The van der Waals surface area contributed by atoms with E-state index in [0.717, 1.165) is 52.7 Å². The fraction of sp³-hybridized carbons (Fsp3) is 0.414. The Morgan fingerprint density at radius 1 is 1.03 bits per heavy atom. The number of ether oxygens (including phenoxy) is 1. The second-order valence-corrected chi connectivity index (χ2v) is 11.3. The molecule has 1 unspecified atom stereocenters. The molecular formula is C29H29BrClNO3. The summed E-state index contributed by atoms with van der Waals surface area (Å²) in [6, 6.07) is 15.6. The van der Waals surface area contributed by atoms with Gasteiger partial charge in [0.25, 0.3) is 0 Å². The van der Waals surface area contributed by atoms with Gasteiger partial charge < -0.3 is 4.74 Å². The van der Waals surface area contributed by atoms with Crippen LogP contribution in [0.1, 0.15) is 74.8 Å². The molecule has 1 heterocycles. The molecule has 0 saturated heterocycles. The number of Topliss-reactive ketones (excluding diaryl/α,β-unsaturated/α-hetero) is 1. The van der Waals surface area contributed by atoms with Crippen LogP contribution in [-0.2, 0) is 14.3 Å². The first-order valence-corrected chi connectivity index (χ1v) is 13.6. The van der Waals surface area contributed by atoms with Gasteiger partial charge >= 0.3 is 5.97 Å². The number of allylic oxidation sites excluding steroid dienone is 2. The molecule has 1 saturated carbocycles. The number of carbonyl (C=O) groups excluding carboxylic acids is 2. The maximum atomic E-state index is 13.7. The number of esters is 1. The number of nitrogens with zero attached hydrogens (tertiary/aromatic N) is 1. The molecule has 0 aromatic heterocycles. The third-order valence-electron chi connectivity index (χ3n) is 7.53. The molecule has 2 aliphatic carbocycles. The Morgan fingerprint density at radius 2 is 1.77 bits per heavy atom. The van der Waals surface area contributed by atoms with Crippen LogP contribution in [0.5, 0.6) is 0 Å². The molecule has 2 aromatic carbocycles. The van der Waals surface area contributed by atoms with Crippen LogP contribution >= 0.6 is 27.5 Å². The molecule has 0 radical (unpaired) electrons. The normalized spacial score (nSPS) is 25.2. The zero-order chi connectivity index (χ0) is 24.5. The van der Waals surface area contributed by atoms with E-state index in [4.69, 9.17) is 21.3 Å². The second-order valence-electron chi connectivity index (χ2n) is 9.90. The molecule has 3 atom stereocenters. The summed E-state index contributed by atoms with van der Waals surface area (Å²) in [4.78, 5) is 32.2. The Bertz CT molecular complexity index is 1200. The zero-order valence-corrected chi connectivity index (χ0v) is 22.1. The third-order valence-corrected chi connectivity index (χ3v) is 8.27. The molecule has 35 heavy (non-hydrogen) atoms. The van der Waals surface area contributed by atoms with E-state index in [-0.39, 0.29) is 23.8 Å². The maximum absolute atomic E-state index is 13.7. The predicted molar refractivity (Wildman–Crippen MR) is 142 cm³/mol. The number of benzene rings is 2. The van der Waals surface area contributed by atoms with Gasteiger partial charge in [-0.15, -0.1) is 0 Å². The summed E-state index contributed by atoms with van der Waals surface area (Å²) in [6.07, 6.45) is 6.20. The largest absolute Gasteiger partial charge is 0.462 e. The summed E-state index contributed by atoms with van der Waals surface area (Å²) < 4.78 is 6.94. The average molecular weight is 555 g/mol. The van der Waals surface area contributed by atoms with Crippen LogP contribution in [-0.4, -0.2) is 23.6 Å². The van der Waals surface area contributed by atoms with Crippen molar-refractivity contribution < 1.29 is 14.3 Å². The van der Waals surface area contributed by atoms with Crippen molar-refractivity contribution in [2.24, 2.45) is 10.9 Å². The smallest absolute Gasteiger partial charge is 0.315 e. The van der Waals surface area contributed by atoms with Crippen LogP contribution in [0, 0.1) is 5.92 Å². The number of rotatable bonds is 4. The van der Waals surface area contributed by atoms with Crippen LogP contribution in [0.15, 0.2) is 69.3 Å². The van der Waals surface area contributed by atoms with Crippen molar-refractivity contribution in [1.29, 1.82) is 0 Å². The minimum Gasteiger partial charge on any atom is -0.462 e. The number of hydrogen-bond donors (Lipinski definition) is 0. The summed E-state index contributed by atoms with van der Waals surface area (Å²) >= 11 is 9.65. The fourth-order valence-corrected chi connectivity index (χ4v) is 6.36. The Kier molecular flexibility index (Phi) is 7.26. The lowest BCUT2D eigenvalue weighted by Crippen LogP contribution is -2.39. The van der Waals surface area contributed by atoms with Gasteiger partial charge in [-0.2, -0.15) is 0 Å². The van der Waals surface area contributed by atoms with Gasteiger partial charge in [0.1, 0.15) is 12.0 Å². The van der Waals surface area contributed by atoms with E-state index in [1.807, 2.05) is 55.5 Å². The molecule has 5 rings (SSSR count). The summed E-state index contributed by atoms with van der Waals surface area (Å²) in [6.45, 7) is 1.90. The van der Waals surface area contributed by atoms with E-state index in [2.05, 4.69) is 15.9 Å². The van der Waals surface area contributed by atoms with Gasteiger partial charge in [-0.05, 0) is 80.3 Å². The minimum absolute atomic E-state index is 0.0427. The number of ketones is 1. The second kappa shape index (κ2) is 10.4. The average Bonchev–Trinajstić information content (AvgIpc) is 2.84. The van der Waals surface area contributed by atoms with Gasteiger partial charge in [0, 0.05) is 38.8 Å². The standard InChI is InChI=1S/C29H29BrClNO3/c1-17-26(29(34)35-23-8-3-2-4-9-23)27(19-6-5-7-21(30)14-19)28-24(32-17)15-20(16-25(28)33)18-10-12-22(31)13-11-18/h5-7,10-14,20,23,26-27H,2-4,8-9,15-16H2,1H3/t20-,26?,27+/m1/s1. The highest BCUT2D eigenvalue weighted by Gasteiger charge is 2.45. The number of carbonyl (C=O) groups is 2. The van der Waals surface area contributed by atoms with Gasteiger partial charge in [0.15, 0.2) is 5.78 Å². The van der Waals surface area contributed by atoms with Crippen molar-refractivity contribution in [1.82, 2.24) is 0 Å². The first-order valence-electron chi connectivity index (χ1n) is 12.4. The first-order chi connectivity index (χ1) is 16.9. The molecule has 1 aliphatic heterocycles. The Hall–Kier alpha value is -2.24. The predicted octanol–water partition coefficient (Wildman–Crippen LogP) is 7.55. The lowest BCUT2D eigenvalue weighted by molar-refractivity contribution is -0.153. The van der Waals surface area contributed by atoms with Crippen LogP contribution in [0.4, 0.5) is 0 Å². The van der Waals surface area contributed by atoms with Gasteiger partial charge in [-0.25, -0.2) is 0 Å². The monoisotopic (exact) mass is 553 g/mol. The SMILES string of the molecule is CC1=NC2=C(C(=O)C[C@H](c3ccc(Cl)cc3)C2)[C@@H](c2cccc(Br)c2)C1C(=O)OC1CCCCC1. The van der Waals surface area contributed by atoms with Gasteiger partial charge in [-0.3, -0.25) is 14.6 Å². The maximum Gasteiger partial charge on any atom is 0.315 e.